The van der Waals surface area contributed by atoms with Crippen molar-refractivity contribution in [1.29, 1.82) is 0 Å². The zero-order valence-electron chi connectivity index (χ0n) is 22.8. The van der Waals surface area contributed by atoms with Gasteiger partial charge in [-0.25, -0.2) is 0 Å². The van der Waals surface area contributed by atoms with E-state index < -0.39 is 25.6 Å². The minimum Gasteiger partial charge on any atom is -0.432 e. The molecular formula is C29H38N4O5Si. The normalized spacial score (nSPS) is 29.9. The number of nitrogens with one attached hydrogen (secondary N) is 2. The fraction of sp³-hybridized carbons (Fsp3) is 0.517. The maximum absolute atomic E-state index is 14.2. The Morgan fingerprint density at radius 2 is 1.79 bits per heavy atom. The summed E-state index contributed by atoms with van der Waals surface area (Å²) in [7, 11) is -2.75. The Bertz CT molecular complexity index is 1280. The number of fused-ring (bicyclic) bond motifs is 2. The van der Waals surface area contributed by atoms with Gasteiger partial charge in [0.2, 0.25) is 0 Å². The average Bonchev–Trinajstić information content (AvgIpc) is 3.48. The lowest BCUT2D eigenvalue weighted by molar-refractivity contribution is -0.143. The van der Waals surface area contributed by atoms with Crippen molar-refractivity contribution in [2.24, 2.45) is 5.92 Å². The maximum atomic E-state index is 14.2. The molecule has 0 saturated carbocycles. The molecule has 0 aromatic heterocycles. The van der Waals surface area contributed by atoms with Gasteiger partial charge in [-0.3, -0.25) is 14.5 Å². The van der Waals surface area contributed by atoms with Gasteiger partial charge in [-0.1, -0.05) is 25.1 Å². The van der Waals surface area contributed by atoms with E-state index in [1.165, 1.54) is 0 Å². The minimum atomic E-state index is -2.75. The SMILES string of the molecule is C[C@@H]1[C@@H]([Si](C)(C)O)[C@H](CCO)O[C@@]12C(=O)Nc1ccc(N3CN(c4ccccc4)C4(CCNCC4)C3=O)cc12. The number of hydrogen-bond donors (Lipinski definition) is 4. The molecule has 4 aliphatic rings. The lowest BCUT2D eigenvalue weighted by Gasteiger charge is -2.39. The Hall–Kier alpha value is -2.76. The summed E-state index contributed by atoms with van der Waals surface area (Å²) < 4.78 is 6.57. The predicted octanol–water partition coefficient (Wildman–Crippen LogP) is 2.75. The molecular weight excluding hydrogens is 512 g/mol. The van der Waals surface area contributed by atoms with Crippen LogP contribution in [0.3, 0.4) is 0 Å². The van der Waals surface area contributed by atoms with Crippen LogP contribution in [0.25, 0.3) is 0 Å². The average molecular weight is 551 g/mol. The van der Waals surface area contributed by atoms with Crippen LogP contribution < -0.4 is 20.4 Å². The summed E-state index contributed by atoms with van der Waals surface area (Å²) in [5.41, 5.74) is 0.970. The second-order valence-electron chi connectivity index (χ2n) is 12.0. The van der Waals surface area contributed by atoms with E-state index in [9.17, 15) is 19.5 Å². The lowest BCUT2D eigenvalue weighted by Crippen LogP contribution is -2.55. The van der Waals surface area contributed by atoms with Gasteiger partial charge in [0, 0.05) is 40.7 Å². The summed E-state index contributed by atoms with van der Waals surface area (Å²) in [6, 6.07) is 15.8. The summed E-state index contributed by atoms with van der Waals surface area (Å²) in [6.07, 6.45) is 1.35. The van der Waals surface area contributed by atoms with Gasteiger partial charge in [0.1, 0.15) is 5.54 Å². The number of aliphatic hydroxyl groups is 1. The van der Waals surface area contributed by atoms with Gasteiger partial charge >= 0.3 is 0 Å². The molecule has 2 spiro atoms. The number of amides is 2. The highest BCUT2D eigenvalue weighted by atomic mass is 28.4. The second kappa shape index (κ2) is 9.41. The molecule has 3 saturated heterocycles. The van der Waals surface area contributed by atoms with Crippen LogP contribution in [0.2, 0.25) is 18.6 Å². The molecule has 6 rings (SSSR count). The standard InChI is InChI=1S/C29H38N4O5Si/c1-19-25(39(2,3)37)24(11-16-34)38-29(19)22-17-21(9-10-23(22)31-26(29)35)32-18-33(20-7-5-4-6-8-20)28(27(32)36)12-14-30-15-13-28/h4-10,17,19,24-25,30,34,37H,11-16,18H2,1-3H3,(H,31,35)/t19-,24+,25-,29+/m1/s1. The number of carbonyl (C=O) groups is 2. The van der Waals surface area contributed by atoms with E-state index in [2.05, 4.69) is 27.7 Å². The molecule has 39 heavy (non-hydrogen) atoms. The fourth-order valence-corrected chi connectivity index (χ4v) is 10.2. The number of anilines is 3. The quantitative estimate of drug-likeness (QED) is 0.424. The summed E-state index contributed by atoms with van der Waals surface area (Å²) in [5.74, 6) is -0.484. The number of benzene rings is 2. The number of aliphatic hydroxyl groups excluding tert-OH is 1. The van der Waals surface area contributed by atoms with Crippen LogP contribution >= 0.6 is 0 Å². The zero-order chi connectivity index (χ0) is 27.6. The largest absolute Gasteiger partial charge is 0.432 e. The Morgan fingerprint density at radius 3 is 2.46 bits per heavy atom. The third-order valence-corrected chi connectivity index (χ3v) is 11.9. The number of ether oxygens (including phenoxy) is 1. The van der Waals surface area contributed by atoms with E-state index in [1.54, 1.807) is 0 Å². The molecule has 2 aromatic rings. The molecule has 4 N–H and O–H groups in total. The van der Waals surface area contributed by atoms with Crippen LogP contribution in [0.15, 0.2) is 48.5 Å². The first-order valence-electron chi connectivity index (χ1n) is 14.0. The van der Waals surface area contributed by atoms with Gasteiger partial charge in [-0.05, 0) is 75.8 Å². The monoisotopic (exact) mass is 550 g/mol. The van der Waals surface area contributed by atoms with Gasteiger partial charge in [-0.15, -0.1) is 0 Å². The summed E-state index contributed by atoms with van der Waals surface area (Å²) in [4.78, 5) is 43.1. The van der Waals surface area contributed by atoms with Crippen molar-refractivity contribution >= 4 is 37.2 Å². The molecule has 3 fully saturated rings. The maximum Gasteiger partial charge on any atom is 0.261 e. The molecule has 0 radical (unpaired) electrons. The first kappa shape index (κ1) is 26.5. The van der Waals surface area contributed by atoms with Crippen LogP contribution in [0.1, 0.15) is 31.7 Å². The molecule has 9 nitrogen and oxygen atoms in total. The molecule has 4 aliphatic heterocycles. The number of rotatable bonds is 5. The van der Waals surface area contributed by atoms with Crippen molar-refractivity contribution in [3.8, 4) is 0 Å². The zero-order valence-corrected chi connectivity index (χ0v) is 23.8. The number of hydrogen-bond acceptors (Lipinski definition) is 7. The van der Waals surface area contributed by atoms with Crippen LogP contribution in [0.5, 0.6) is 0 Å². The van der Waals surface area contributed by atoms with Crippen molar-refractivity contribution in [2.45, 2.75) is 62.1 Å². The topological polar surface area (TPSA) is 114 Å². The van der Waals surface area contributed by atoms with Crippen LogP contribution in [0.4, 0.5) is 17.1 Å². The second-order valence-corrected chi connectivity index (χ2v) is 16.0. The van der Waals surface area contributed by atoms with Crippen molar-refractivity contribution in [2.75, 3.05) is 41.5 Å². The van der Waals surface area contributed by atoms with Crippen molar-refractivity contribution in [3.05, 3.63) is 54.1 Å². The Balaban J connectivity index is 1.41. The summed E-state index contributed by atoms with van der Waals surface area (Å²) >= 11 is 0. The van der Waals surface area contributed by atoms with Crippen LogP contribution in [-0.2, 0) is 19.9 Å². The third-order valence-electron chi connectivity index (χ3n) is 9.39. The van der Waals surface area contributed by atoms with Crippen LogP contribution in [-0.4, -0.2) is 68.0 Å². The van der Waals surface area contributed by atoms with Crippen molar-refractivity contribution in [3.63, 3.8) is 0 Å². The highest BCUT2D eigenvalue weighted by Gasteiger charge is 2.64. The molecule has 4 atom stereocenters. The lowest BCUT2D eigenvalue weighted by atomic mass is 9.82. The molecule has 4 heterocycles. The van der Waals surface area contributed by atoms with Gasteiger partial charge in [-0.2, -0.15) is 0 Å². The minimum absolute atomic E-state index is 0.0689. The Kier molecular flexibility index (Phi) is 6.39. The van der Waals surface area contributed by atoms with Gasteiger partial charge < -0.3 is 30.2 Å². The number of carbonyl (C=O) groups excluding carboxylic acids is 2. The van der Waals surface area contributed by atoms with E-state index >= 15 is 0 Å². The van der Waals surface area contributed by atoms with Gasteiger partial charge in [0.15, 0.2) is 13.9 Å². The van der Waals surface area contributed by atoms with Gasteiger partial charge in [0.05, 0.1) is 12.8 Å². The predicted molar refractivity (Wildman–Crippen MR) is 152 cm³/mol. The Labute approximate surface area is 230 Å². The van der Waals surface area contributed by atoms with E-state index in [0.717, 1.165) is 24.5 Å². The summed E-state index contributed by atoms with van der Waals surface area (Å²) in [6.45, 7) is 7.57. The third kappa shape index (κ3) is 3.87. The molecule has 208 valence electrons. The molecule has 2 amide bonds. The number of para-hydroxylation sites is 1. The molecule has 0 unspecified atom stereocenters. The molecule has 0 bridgehead atoms. The highest BCUT2D eigenvalue weighted by Crippen LogP contribution is 2.58. The van der Waals surface area contributed by atoms with Crippen LogP contribution in [0, 0.1) is 5.92 Å². The number of nitrogens with zero attached hydrogens (tertiary/aromatic N) is 2. The van der Waals surface area contributed by atoms with Crippen molar-refractivity contribution in [1.82, 2.24) is 5.32 Å². The fourth-order valence-electron chi connectivity index (χ4n) is 7.62. The van der Waals surface area contributed by atoms with E-state index in [4.69, 9.17) is 4.74 Å². The van der Waals surface area contributed by atoms with E-state index in [-0.39, 0.29) is 29.9 Å². The van der Waals surface area contributed by atoms with E-state index in [1.807, 2.05) is 61.3 Å². The molecule has 2 aromatic carbocycles. The first-order chi connectivity index (χ1) is 18.6. The van der Waals surface area contributed by atoms with Crippen molar-refractivity contribution < 1.29 is 24.2 Å². The molecule has 0 aliphatic carbocycles. The highest BCUT2D eigenvalue weighted by molar-refractivity contribution is 6.71. The van der Waals surface area contributed by atoms with E-state index in [0.29, 0.717) is 37.2 Å². The first-order valence-corrected chi connectivity index (χ1v) is 17.0. The summed E-state index contributed by atoms with van der Waals surface area (Å²) in [5, 5.41) is 16.1. The number of piperidine rings is 1. The van der Waals surface area contributed by atoms with Gasteiger partial charge in [0.25, 0.3) is 11.8 Å². The Morgan fingerprint density at radius 1 is 1.08 bits per heavy atom. The smallest absolute Gasteiger partial charge is 0.261 e. The molecule has 10 heteroatoms.